The number of nitrogens with one attached hydrogen (secondary N) is 1. The lowest BCUT2D eigenvalue weighted by Gasteiger charge is -2.28. The third-order valence-electron chi connectivity index (χ3n) is 5.38. The molecule has 1 radical (unpaired) electrons. The Hall–Kier alpha value is -2.15. The van der Waals surface area contributed by atoms with Gasteiger partial charge in [0.15, 0.2) is 5.82 Å². The summed E-state index contributed by atoms with van der Waals surface area (Å²) in [7, 11) is 3.51. The van der Waals surface area contributed by atoms with E-state index in [0.29, 0.717) is 24.5 Å². The van der Waals surface area contributed by atoms with Gasteiger partial charge in [0.2, 0.25) is 0 Å². The minimum Gasteiger partial charge on any atom is -0.486 e. The predicted octanol–water partition coefficient (Wildman–Crippen LogP) is 2.94. The van der Waals surface area contributed by atoms with E-state index in [2.05, 4.69) is 46.0 Å². The Morgan fingerprint density at radius 2 is 2.07 bits per heavy atom. The van der Waals surface area contributed by atoms with Crippen molar-refractivity contribution >= 4 is 13.6 Å². The Morgan fingerprint density at radius 3 is 2.78 bits per heavy atom. The second kappa shape index (κ2) is 9.17. The molecule has 1 aromatic carbocycles. The zero-order valence-corrected chi connectivity index (χ0v) is 16.4. The fourth-order valence-corrected chi connectivity index (χ4v) is 3.66. The summed E-state index contributed by atoms with van der Waals surface area (Å²) in [6.45, 7) is 4.76. The molecule has 0 spiro atoms. The van der Waals surface area contributed by atoms with E-state index in [1.807, 2.05) is 19.2 Å². The third-order valence-corrected chi connectivity index (χ3v) is 5.38. The molecule has 1 saturated carbocycles. The number of benzene rings is 1. The summed E-state index contributed by atoms with van der Waals surface area (Å²) in [5, 5.41) is 11.9. The number of rotatable bonds is 8. The summed E-state index contributed by atoms with van der Waals surface area (Å²) < 4.78 is 8.03. The van der Waals surface area contributed by atoms with Gasteiger partial charge in [-0.05, 0) is 55.3 Å². The zero-order chi connectivity index (χ0) is 19.2. The molecule has 3 rings (SSSR count). The first-order valence-corrected chi connectivity index (χ1v) is 9.72. The van der Waals surface area contributed by atoms with Gasteiger partial charge in [0.25, 0.3) is 7.41 Å². The number of hydrogen-bond donors (Lipinski definition) is 1. The topological polar surface area (TPSA) is 69.0 Å². The fourth-order valence-electron chi connectivity index (χ4n) is 3.66. The first-order valence-electron chi connectivity index (χ1n) is 9.72. The molecule has 1 heterocycles. The first-order chi connectivity index (χ1) is 13.1. The number of nitrogens with zero attached hydrogens (tertiary/aromatic N) is 3. The van der Waals surface area contributed by atoms with Crippen molar-refractivity contribution in [2.45, 2.75) is 64.0 Å². The van der Waals surface area contributed by atoms with Gasteiger partial charge in [0.1, 0.15) is 18.2 Å². The third kappa shape index (κ3) is 4.98. The molecule has 7 heteroatoms. The van der Waals surface area contributed by atoms with Gasteiger partial charge in [-0.25, -0.2) is 0 Å². The molecule has 27 heavy (non-hydrogen) atoms. The quantitative estimate of drug-likeness (QED) is 0.574. The zero-order valence-electron chi connectivity index (χ0n) is 16.4. The molecule has 1 aliphatic carbocycles. The van der Waals surface area contributed by atoms with Gasteiger partial charge in [0, 0.05) is 13.0 Å². The minimum absolute atomic E-state index is 0.385. The molecular formula is C20H28BN4O2. The van der Waals surface area contributed by atoms with Crippen LogP contribution in [0.15, 0.2) is 24.3 Å². The largest absolute Gasteiger partial charge is 0.486 e. The van der Waals surface area contributed by atoms with Crippen LogP contribution in [-0.4, -0.2) is 34.4 Å². The van der Waals surface area contributed by atoms with Gasteiger partial charge < -0.3 is 19.3 Å². The van der Waals surface area contributed by atoms with Crippen molar-refractivity contribution in [3.63, 3.8) is 0 Å². The van der Waals surface area contributed by atoms with Crippen molar-refractivity contribution in [3.8, 4) is 5.75 Å². The highest BCUT2D eigenvalue weighted by molar-refractivity contribution is 6.64. The molecule has 1 N–H and O–H groups in total. The molecule has 0 aliphatic heterocycles. The lowest BCUT2D eigenvalue weighted by molar-refractivity contribution is 0.289. The highest BCUT2D eigenvalue weighted by Crippen LogP contribution is 2.32. The van der Waals surface area contributed by atoms with Crippen LogP contribution in [0.25, 0.3) is 0 Å². The van der Waals surface area contributed by atoms with E-state index in [1.165, 1.54) is 13.0 Å². The van der Waals surface area contributed by atoms with Crippen LogP contribution in [0.2, 0.25) is 0 Å². The van der Waals surface area contributed by atoms with Gasteiger partial charge in [-0.15, -0.1) is 10.2 Å². The summed E-state index contributed by atoms with van der Waals surface area (Å²) in [6, 6.07) is 8.60. The van der Waals surface area contributed by atoms with Crippen LogP contribution in [0.5, 0.6) is 5.75 Å². The molecule has 0 bridgehead atoms. The molecule has 143 valence electrons. The standard InChI is InChI=1S/C20H28BN4O2/c1-14(2)16-5-4-6-18(11-16)27-12-19-23-24-20(25(19)3)15-7-9-17(10-8-15)22-21-13-26/h4-6,11,13-15,17,22H,7-10,12H2,1-3H3. The number of aromatic nitrogens is 3. The SMILES string of the molecule is CC(C)c1cccc(OCc2nnc(C3CCC(N[B]C=O)CC3)n2C)c1. The molecule has 0 atom stereocenters. The van der Waals surface area contributed by atoms with Crippen LogP contribution in [-0.2, 0) is 18.4 Å². The van der Waals surface area contributed by atoms with Gasteiger partial charge in [0.05, 0.1) is 6.19 Å². The van der Waals surface area contributed by atoms with E-state index in [0.717, 1.165) is 49.3 Å². The normalized spacial score (nSPS) is 19.9. The maximum Gasteiger partial charge on any atom is 0.290 e. The van der Waals surface area contributed by atoms with Crippen LogP contribution in [0.1, 0.15) is 68.6 Å². The maximum atomic E-state index is 10.4. The van der Waals surface area contributed by atoms with Crippen molar-refractivity contribution in [2.24, 2.45) is 7.05 Å². The van der Waals surface area contributed by atoms with E-state index in [-0.39, 0.29) is 0 Å². The summed E-state index contributed by atoms with van der Waals surface area (Å²) in [6.07, 6.45) is 4.98. The Bertz CT molecular complexity index is 754. The molecule has 0 unspecified atom stereocenters. The van der Waals surface area contributed by atoms with Gasteiger partial charge in [-0.3, -0.25) is 0 Å². The molecular weight excluding hydrogens is 339 g/mol. The molecule has 0 amide bonds. The van der Waals surface area contributed by atoms with E-state index >= 15 is 0 Å². The molecule has 0 saturated heterocycles. The fraction of sp³-hybridized carbons (Fsp3) is 0.550. The molecule has 1 fully saturated rings. The molecule has 1 aliphatic rings. The summed E-state index contributed by atoms with van der Waals surface area (Å²) in [5.74, 6) is 3.62. The van der Waals surface area contributed by atoms with Crippen molar-refractivity contribution in [2.75, 3.05) is 0 Å². The molecule has 6 nitrogen and oxygen atoms in total. The number of ether oxygens (including phenoxy) is 1. The number of hydrogen-bond acceptors (Lipinski definition) is 5. The van der Waals surface area contributed by atoms with Crippen LogP contribution < -0.4 is 9.96 Å². The van der Waals surface area contributed by atoms with E-state index in [1.54, 1.807) is 0 Å². The monoisotopic (exact) mass is 367 g/mol. The minimum atomic E-state index is 0.385. The second-order valence-corrected chi connectivity index (χ2v) is 7.57. The number of carbonyl (C=O) groups is 1. The Morgan fingerprint density at radius 1 is 1.30 bits per heavy atom. The number of carbonyl (C=O) groups excluding carboxylic acids is 1. The van der Waals surface area contributed by atoms with Crippen molar-refractivity contribution < 1.29 is 9.53 Å². The van der Waals surface area contributed by atoms with Crippen molar-refractivity contribution in [3.05, 3.63) is 41.5 Å². The van der Waals surface area contributed by atoms with E-state index < -0.39 is 0 Å². The maximum absolute atomic E-state index is 10.4. The lowest BCUT2D eigenvalue weighted by atomic mass is 9.83. The summed E-state index contributed by atoms with van der Waals surface area (Å²) in [5.41, 5.74) is 1.27. The Labute approximate surface area is 162 Å². The van der Waals surface area contributed by atoms with Gasteiger partial charge in [-0.1, -0.05) is 26.0 Å². The van der Waals surface area contributed by atoms with Crippen molar-refractivity contribution in [1.29, 1.82) is 0 Å². The molecule has 1 aromatic heterocycles. The molecule has 2 aromatic rings. The van der Waals surface area contributed by atoms with Crippen LogP contribution in [0.3, 0.4) is 0 Å². The van der Waals surface area contributed by atoms with Gasteiger partial charge in [-0.2, -0.15) is 0 Å². The van der Waals surface area contributed by atoms with Crippen LogP contribution in [0.4, 0.5) is 0 Å². The van der Waals surface area contributed by atoms with E-state index in [9.17, 15) is 4.79 Å². The highest BCUT2D eigenvalue weighted by Gasteiger charge is 2.26. The van der Waals surface area contributed by atoms with Crippen LogP contribution in [0, 0.1) is 0 Å². The Kier molecular flexibility index (Phi) is 6.66. The second-order valence-electron chi connectivity index (χ2n) is 7.57. The van der Waals surface area contributed by atoms with Crippen molar-refractivity contribution in [1.82, 2.24) is 20.0 Å². The van der Waals surface area contributed by atoms with Gasteiger partial charge >= 0.3 is 0 Å². The summed E-state index contributed by atoms with van der Waals surface area (Å²) in [4.78, 5) is 10.4. The average Bonchev–Trinajstić information content (AvgIpc) is 3.06. The first kappa shape index (κ1) is 19.6. The lowest BCUT2D eigenvalue weighted by Crippen LogP contribution is -2.36. The predicted molar refractivity (Wildman–Crippen MR) is 107 cm³/mol. The van der Waals surface area contributed by atoms with Crippen LogP contribution >= 0.6 is 0 Å². The highest BCUT2D eigenvalue weighted by atomic mass is 16.5. The summed E-state index contributed by atoms with van der Waals surface area (Å²) >= 11 is 0. The smallest absolute Gasteiger partial charge is 0.290 e. The average molecular weight is 367 g/mol. The Balaban J connectivity index is 1.58. The van der Waals surface area contributed by atoms with E-state index in [4.69, 9.17) is 4.74 Å².